The maximum atomic E-state index is 13.6. The molecule has 1 fully saturated rings. The Bertz CT molecular complexity index is 1110. The lowest BCUT2D eigenvalue weighted by molar-refractivity contribution is -0.138. The molecule has 1 aromatic carbocycles. The van der Waals surface area contributed by atoms with Crippen LogP contribution in [0.25, 0.3) is 0 Å². The van der Waals surface area contributed by atoms with Crippen molar-refractivity contribution in [2.24, 2.45) is 16.6 Å². The van der Waals surface area contributed by atoms with Crippen molar-refractivity contribution in [1.29, 1.82) is 0 Å². The topological polar surface area (TPSA) is 196 Å². The number of nitrogens with two attached hydrogens (primary N) is 1. The molecule has 0 aromatic heterocycles. The summed E-state index contributed by atoms with van der Waals surface area (Å²) in [6.07, 6.45) is 0.944. The maximum absolute atomic E-state index is 13.6. The molecule has 1 saturated heterocycles. The summed E-state index contributed by atoms with van der Waals surface area (Å²) in [6.45, 7) is 7.11. The van der Waals surface area contributed by atoms with Crippen LogP contribution in [0, 0.1) is 5.92 Å². The first-order valence-corrected chi connectivity index (χ1v) is 13.9. The fourth-order valence-corrected chi connectivity index (χ4v) is 4.19. The van der Waals surface area contributed by atoms with Crippen LogP contribution in [0.2, 0.25) is 0 Å². The SMILES string of the molecule is CC[C@@H]1NC(=O)[C@H](CCCNC(N)=NC)NC(=O)[C@](C)(NC(=O)C(C)C)CCNC(=O)[C@H](c2ccccc2)NC1=O. The number of carbonyl (C=O) groups excluding carboxylic acids is 5. The Labute approximate surface area is 241 Å². The Kier molecular flexibility index (Phi) is 12.6. The molecule has 8 N–H and O–H groups in total. The minimum atomic E-state index is -1.44. The van der Waals surface area contributed by atoms with Crippen LogP contribution in [-0.2, 0) is 24.0 Å². The molecule has 1 aromatic rings. The quantitative estimate of drug-likeness (QED) is 0.125. The van der Waals surface area contributed by atoms with E-state index in [0.29, 0.717) is 18.5 Å². The fraction of sp³-hybridized carbons (Fsp3) is 0.571. The molecular formula is C28H44N8O5. The van der Waals surface area contributed by atoms with Crippen LogP contribution in [0.3, 0.4) is 0 Å². The van der Waals surface area contributed by atoms with Gasteiger partial charge in [-0.25, -0.2) is 0 Å². The number of benzene rings is 1. The van der Waals surface area contributed by atoms with Crippen molar-refractivity contribution in [1.82, 2.24) is 31.9 Å². The van der Waals surface area contributed by atoms with Gasteiger partial charge >= 0.3 is 0 Å². The summed E-state index contributed by atoms with van der Waals surface area (Å²) in [7, 11) is 1.54. The van der Waals surface area contributed by atoms with E-state index in [9.17, 15) is 24.0 Å². The highest BCUT2D eigenvalue weighted by atomic mass is 16.2. The third kappa shape index (κ3) is 9.76. The monoisotopic (exact) mass is 572 g/mol. The summed E-state index contributed by atoms with van der Waals surface area (Å²) in [6, 6.07) is 5.72. The normalized spacial score (nSPS) is 24.8. The van der Waals surface area contributed by atoms with Gasteiger partial charge in [0.05, 0.1) is 0 Å². The van der Waals surface area contributed by atoms with Gasteiger partial charge in [0.25, 0.3) is 0 Å². The minimum Gasteiger partial charge on any atom is -0.370 e. The van der Waals surface area contributed by atoms with Crippen LogP contribution in [0.5, 0.6) is 0 Å². The van der Waals surface area contributed by atoms with Gasteiger partial charge in [-0.05, 0) is 38.2 Å². The molecule has 5 amide bonds. The van der Waals surface area contributed by atoms with Gasteiger partial charge in [-0.2, -0.15) is 0 Å². The van der Waals surface area contributed by atoms with Crippen molar-refractivity contribution < 1.29 is 24.0 Å². The molecule has 13 heteroatoms. The molecule has 0 bridgehead atoms. The van der Waals surface area contributed by atoms with Gasteiger partial charge in [-0.15, -0.1) is 0 Å². The van der Waals surface area contributed by atoms with Crippen LogP contribution in [0.1, 0.15) is 65.0 Å². The summed E-state index contributed by atoms with van der Waals surface area (Å²) in [5.41, 5.74) is 4.80. The van der Waals surface area contributed by atoms with Gasteiger partial charge in [-0.3, -0.25) is 29.0 Å². The van der Waals surface area contributed by atoms with E-state index in [4.69, 9.17) is 5.73 Å². The molecule has 0 saturated carbocycles. The smallest absolute Gasteiger partial charge is 0.247 e. The molecule has 226 valence electrons. The standard InChI is InChI=1S/C28H44N8O5/c1-6-19-23(38)35-21(18-11-8-7-9-12-18)25(40)31-16-14-28(4,36-22(37)17(2)3)26(41)34-20(24(39)33-19)13-10-15-32-27(29)30-5/h7-9,11-12,17,19-21H,6,10,13-16H2,1-5H3,(H,31,40)(H,33,39)(H,34,41)(H,35,38)(H,36,37)(H3,29,30,32)/t19-,20-,21-,28+/m0/s1. The van der Waals surface area contributed by atoms with E-state index in [1.165, 1.54) is 0 Å². The van der Waals surface area contributed by atoms with E-state index in [2.05, 4.69) is 36.9 Å². The summed E-state index contributed by atoms with van der Waals surface area (Å²) in [4.78, 5) is 70.1. The number of rotatable bonds is 8. The van der Waals surface area contributed by atoms with Crippen LogP contribution < -0.4 is 37.6 Å². The molecule has 2 rings (SSSR count). The summed E-state index contributed by atoms with van der Waals surface area (Å²) < 4.78 is 0. The lowest BCUT2D eigenvalue weighted by Crippen LogP contribution is -2.63. The molecule has 4 atom stereocenters. The molecule has 41 heavy (non-hydrogen) atoms. The average molecular weight is 573 g/mol. The number of carbonyl (C=O) groups is 5. The second-order valence-corrected chi connectivity index (χ2v) is 10.5. The van der Waals surface area contributed by atoms with Gasteiger partial charge in [0.15, 0.2) is 5.96 Å². The van der Waals surface area contributed by atoms with Crippen molar-refractivity contribution in [3.05, 3.63) is 35.9 Å². The minimum absolute atomic E-state index is 0.0218. The van der Waals surface area contributed by atoms with Crippen LogP contribution in [0.15, 0.2) is 35.3 Å². The number of hydrogen-bond acceptors (Lipinski definition) is 6. The van der Waals surface area contributed by atoms with Crippen LogP contribution in [0.4, 0.5) is 0 Å². The largest absolute Gasteiger partial charge is 0.370 e. The summed E-state index contributed by atoms with van der Waals surface area (Å²) in [5, 5.41) is 16.7. The first kappa shape index (κ1) is 33.0. The number of nitrogens with zero attached hydrogens (tertiary/aromatic N) is 1. The molecule has 13 nitrogen and oxygen atoms in total. The van der Waals surface area contributed by atoms with E-state index in [-0.39, 0.29) is 37.7 Å². The Morgan fingerprint density at radius 1 is 1.05 bits per heavy atom. The Morgan fingerprint density at radius 3 is 2.32 bits per heavy atom. The molecule has 0 radical (unpaired) electrons. The predicted molar refractivity (Wildman–Crippen MR) is 155 cm³/mol. The third-order valence-corrected chi connectivity index (χ3v) is 6.91. The first-order chi connectivity index (χ1) is 19.4. The Morgan fingerprint density at radius 2 is 1.71 bits per heavy atom. The summed E-state index contributed by atoms with van der Waals surface area (Å²) >= 11 is 0. The Hall–Kier alpha value is -4.16. The number of nitrogens with one attached hydrogen (secondary N) is 6. The number of amides is 5. The maximum Gasteiger partial charge on any atom is 0.247 e. The van der Waals surface area contributed by atoms with Crippen molar-refractivity contribution >= 4 is 35.5 Å². The molecular weight excluding hydrogens is 528 g/mol. The van der Waals surface area contributed by atoms with Crippen LogP contribution >= 0.6 is 0 Å². The highest BCUT2D eigenvalue weighted by Gasteiger charge is 2.38. The zero-order valence-corrected chi connectivity index (χ0v) is 24.5. The zero-order chi connectivity index (χ0) is 30.6. The lowest BCUT2D eigenvalue weighted by Gasteiger charge is -2.33. The highest BCUT2D eigenvalue weighted by Crippen LogP contribution is 2.17. The van der Waals surface area contributed by atoms with Gasteiger partial charge in [0.2, 0.25) is 29.5 Å². The van der Waals surface area contributed by atoms with Gasteiger partial charge < -0.3 is 37.6 Å². The molecule has 0 unspecified atom stereocenters. The van der Waals surface area contributed by atoms with E-state index in [1.807, 2.05) is 0 Å². The fourth-order valence-electron chi connectivity index (χ4n) is 4.19. The summed E-state index contributed by atoms with van der Waals surface area (Å²) in [5.74, 6) is -2.68. The number of guanidine groups is 1. The van der Waals surface area contributed by atoms with E-state index in [0.717, 1.165) is 0 Å². The number of hydrogen-bond donors (Lipinski definition) is 7. The van der Waals surface area contributed by atoms with Crippen molar-refractivity contribution in [3.8, 4) is 0 Å². The second kappa shape index (κ2) is 15.6. The first-order valence-electron chi connectivity index (χ1n) is 13.9. The highest BCUT2D eigenvalue weighted by molar-refractivity contribution is 5.97. The van der Waals surface area contributed by atoms with E-state index in [1.54, 1.807) is 65.1 Å². The molecule has 0 spiro atoms. The van der Waals surface area contributed by atoms with Crippen molar-refractivity contribution in [3.63, 3.8) is 0 Å². The van der Waals surface area contributed by atoms with Crippen LogP contribution in [-0.4, -0.2) is 73.3 Å². The lowest BCUT2D eigenvalue weighted by atomic mass is 9.94. The Balaban J connectivity index is 2.43. The van der Waals surface area contributed by atoms with Crippen molar-refractivity contribution in [2.75, 3.05) is 20.1 Å². The molecule has 1 aliphatic heterocycles. The molecule has 1 aliphatic rings. The van der Waals surface area contributed by atoms with Gasteiger partial charge in [-0.1, -0.05) is 51.1 Å². The third-order valence-electron chi connectivity index (χ3n) is 6.91. The molecule has 1 heterocycles. The second-order valence-electron chi connectivity index (χ2n) is 10.5. The van der Waals surface area contributed by atoms with E-state index < -0.39 is 53.2 Å². The van der Waals surface area contributed by atoms with Gasteiger partial charge in [0, 0.05) is 26.1 Å². The average Bonchev–Trinajstić information content (AvgIpc) is 2.95. The van der Waals surface area contributed by atoms with Gasteiger partial charge in [0.1, 0.15) is 23.7 Å². The predicted octanol–water partition coefficient (Wildman–Crippen LogP) is -0.411. The van der Waals surface area contributed by atoms with E-state index >= 15 is 0 Å². The zero-order valence-electron chi connectivity index (χ0n) is 24.5. The molecule has 0 aliphatic carbocycles. The number of aliphatic imine (C=N–C) groups is 1. The van der Waals surface area contributed by atoms with Crippen molar-refractivity contribution in [2.45, 2.75) is 77.0 Å².